The molecule has 0 aromatic rings. The minimum atomic E-state index is -0.0214. The van der Waals surface area contributed by atoms with Gasteiger partial charge in [-0.15, -0.1) is 0 Å². The average Bonchev–Trinajstić information content (AvgIpc) is 2.11. The SMILES string of the molecule is C/C=C/C(=O)NCCSSCCN. The van der Waals surface area contributed by atoms with Crippen LogP contribution in [-0.4, -0.2) is 30.5 Å². The molecule has 76 valence electrons. The highest BCUT2D eigenvalue weighted by Crippen LogP contribution is 2.18. The van der Waals surface area contributed by atoms with Crippen LogP contribution in [0.15, 0.2) is 12.2 Å². The van der Waals surface area contributed by atoms with E-state index in [1.807, 2.05) is 6.92 Å². The summed E-state index contributed by atoms with van der Waals surface area (Å²) in [6.07, 6.45) is 3.25. The molecule has 1 amide bonds. The van der Waals surface area contributed by atoms with Crippen LogP contribution in [-0.2, 0) is 4.79 Å². The van der Waals surface area contributed by atoms with Gasteiger partial charge in [-0.2, -0.15) is 0 Å². The van der Waals surface area contributed by atoms with E-state index in [9.17, 15) is 4.79 Å². The summed E-state index contributed by atoms with van der Waals surface area (Å²) in [6.45, 7) is 3.25. The Bertz CT molecular complexity index is 162. The largest absolute Gasteiger partial charge is 0.352 e. The summed E-state index contributed by atoms with van der Waals surface area (Å²) < 4.78 is 0. The Balaban J connectivity index is 3.11. The van der Waals surface area contributed by atoms with Crippen molar-refractivity contribution in [2.45, 2.75) is 6.92 Å². The van der Waals surface area contributed by atoms with E-state index >= 15 is 0 Å². The Morgan fingerprint density at radius 2 is 2.15 bits per heavy atom. The maximum atomic E-state index is 10.9. The molecule has 5 heteroatoms. The first-order chi connectivity index (χ1) is 6.31. The van der Waals surface area contributed by atoms with E-state index in [1.165, 1.54) is 6.08 Å². The normalized spacial score (nSPS) is 10.6. The van der Waals surface area contributed by atoms with Gasteiger partial charge in [-0.3, -0.25) is 4.79 Å². The number of hydrogen-bond acceptors (Lipinski definition) is 4. The maximum absolute atomic E-state index is 10.9. The van der Waals surface area contributed by atoms with E-state index in [1.54, 1.807) is 27.7 Å². The van der Waals surface area contributed by atoms with Gasteiger partial charge in [0.15, 0.2) is 0 Å². The topological polar surface area (TPSA) is 55.1 Å². The Morgan fingerprint density at radius 1 is 1.46 bits per heavy atom. The van der Waals surface area contributed by atoms with E-state index in [4.69, 9.17) is 5.73 Å². The minimum Gasteiger partial charge on any atom is -0.352 e. The number of carbonyl (C=O) groups excluding carboxylic acids is 1. The van der Waals surface area contributed by atoms with Crippen molar-refractivity contribution in [2.75, 3.05) is 24.6 Å². The monoisotopic (exact) mass is 220 g/mol. The zero-order valence-corrected chi connectivity index (χ0v) is 9.42. The van der Waals surface area contributed by atoms with E-state index in [2.05, 4.69) is 5.32 Å². The van der Waals surface area contributed by atoms with Gasteiger partial charge in [0, 0.05) is 24.6 Å². The summed E-state index contributed by atoms with van der Waals surface area (Å²) in [4.78, 5) is 10.9. The molecule has 0 aromatic carbocycles. The molecule has 0 aliphatic heterocycles. The summed E-state index contributed by atoms with van der Waals surface area (Å²) in [5.41, 5.74) is 5.32. The Morgan fingerprint density at radius 3 is 2.77 bits per heavy atom. The fourth-order valence-corrected chi connectivity index (χ4v) is 2.36. The number of amides is 1. The van der Waals surface area contributed by atoms with E-state index in [0.29, 0.717) is 13.1 Å². The molecule has 0 atom stereocenters. The number of carbonyl (C=O) groups is 1. The fraction of sp³-hybridized carbons (Fsp3) is 0.625. The van der Waals surface area contributed by atoms with Crippen molar-refractivity contribution in [3.63, 3.8) is 0 Å². The predicted octanol–water partition coefficient (Wildman–Crippen LogP) is 1.02. The standard InChI is InChI=1S/C8H16N2OS2/c1-2-3-8(11)10-5-7-13-12-6-4-9/h2-3H,4-7,9H2,1H3,(H,10,11)/b3-2+. The van der Waals surface area contributed by atoms with Crippen LogP contribution >= 0.6 is 21.6 Å². The Kier molecular flexibility index (Phi) is 9.85. The third kappa shape index (κ3) is 9.79. The van der Waals surface area contributed by atoms with Gasteiger partial charge in [0.05, 0.1) is 0 Å². The van der Waals surface area contributed by atoms with Crippen LogP contribution in [0.1, 0.15) is 6.92 Å². The van der Waals surface area contributed by atoms with Gasteiger partial charge in [0.1, 0.15) is 0 Å². The number of allylic oxidation sites excluding steroid dienone is 1. The molecule has 3 N–H and O–H groups in total. The lowest BCUT2D eigenvalue weighted by molar-refractivity contribution is -0.116. The van der Waals surface area contributed by atoms with Crippen LogP contribution < -0.4 is 11.1 Å². The van der Waals surface area contributed by atoms with E-state index in [-0.39, 0.29) is 5.91 Å². The maximum Gasteiger partial charge on any atom is 0.243 e. The lowest BCUT2D eigenvalue weighted by Crippen LogP contribution is -2.23. The summed E-state index contributed by atoms with van der Waals surface area (Å²) in [5, 5.41) is 2.77. The van der Waals surface area contributed by atoms with Crippen LogP contribution in [0.3, 0.4) is 0 Å². The highest BCUT2D eigenvalue weighted by Gasteiger charge is 1.93. The molecular weight excluding hydrogens is 204 g/mol. The van der Waals surface area contributed by atoms with Crippen molar-refractivity contribution in [2.24, 2.45) is 5.73 Å². The second-order valence-electron chi connectivity index (χ2n) is 2.22. The van der Waals surface area contributed by atoms with Gasteiger partial charge >= 0.3 is 0 Å². The fourth-order valence-electron chi connectivity index (χ4n) is 0.592. The molecule has 0 heterocycles. The van der Waals surface area contributed by atoms with Crippen LogP contribution in [0.25, 0.3) is 0 Å². The molecule has 13 heavy (non-hydrogen) atoms. The molecule has 0 saturated heterocycles. The number of hydrogen-bond donors (Lipinski definition) is 2. The molecule has 0 aliphatic carbocycles. The van der Waals surface area contributed by atoms with Crippen molar-refractivity contribution < 1.29 is 4.79 Å². The van der Waals surface area contributed by atoms with Crippen LogP contribution in [0.2, 0.25) is 0 Å². The third-order valence-corrected chi connectivity index (χ3v) is 3.53. The molecule has 3 nitrogen and oxygen atoms in total. The van der Waals surface area contributed by atoms with Gasteiger partial charge in [0.2, 0.25) is 5.91 Å². The first-order valence-corrected chi connectivity index (χ1v) is 6.65. The highest BCUT2D eigenvalue weighted by molar-refractivity contribution is 8.76. The van der Waals surface area contributed by atoms with Gasteiger partial charge in [-0.1, -0.05) is 27.7 Å². The highest BCUT2D eigenvalue weighted by atomic mass is 33.1. The van der Waals surface area contributed by atoms with E-state index < -0.39 is 0 Å². The summed E-state index contributed by atoms with van der Waals surface area (Å²) in [5.74, 6) is 1.87. The van der Waals surface area contributed by atoms with Crippen molar-refractivity contribution >= 4 is 27.5 Å². The lowest BCUT2D eigenvalue weighted by Gasteiger charge is -2.00. The minimum absolute atomic E-state index is 0.0214. The lowest BCUT2D eigenvalue weighted by atomic mass is 10.5. The van der Waals surface area contributed by atoms with Gasteiger partial charge in [-0.25, -0.2) is 0 Å². The number of nitrogens with two attached hydrogens (primary N) is 1. The molecule has 0 rings (SSSR count). The summed E-state index contributed by atoms with van der Waals surface area (Å²) in [7, 11) is 3.48. The van der Waals surface area contributed by atoms with Crippen LogP contribution in [0.5, 0.6) is 0 Å². The van der Waals surface area contributed by atoms with Crippen molar-refractivity contribution in [1.29, 1.82) is 0 Å². The number of rotatable bonds is 7. The smallest absolute Gasteiger partial charge is 0.243 e. The molecule has 0 saturated carbocycles. The molecule has 0 spiro atoms. The molecule has 0 aromatic heterocycles. The Hall–Kier alpha value is -0.130. The second kappa shape index (κ2) is 9.95. The summed E-state index contributed by atoms with van der Waals surface area (Å²) in [6, 6.07) is 0. The van der Waals surface area contributed by atoms with E-state index in [0.717, 1.165) is 11.5 Å². The third-order valence-electron chi connectivity index (χ3n) is 1.09. The first kappa shape index (κ1) is 12.9. The molecule has 0 aliphatic rings. The average molecular weight is 220 g/mol. The first-order valence-electron chi connectivity index (χ1n) is 4.16. The van der Waals surface area contributed by atoms with Crippen LogP contribution in [0, 0.1) is 0 Å². The van der Waals surface area contributed by atoms with Crippen LogP contribution in [0.4, 0.5) is 0 Å². The van der Waals surface area contributed by atoms with Crippen molar-refractivity contribution in [3.05, 3.63) is 12.2 Å². The molecule has 0 unspecified atom stereocenters. The number of nitrogens with one attached hydrogen (secondary N) is 1. The summed E-state index contributed by atoms with van der Waals surface area (Å²) >= 11 is 0. The molecule has 0 fully saturated rings. The zero-order valence-electron chi connectivity index (χ0n) is 7.79. The Labute approximate surface area is 87.3 Å². The molecular formula is C8H16N2OS2. The van der Waals surface area contributed by atoms with Crippen molar-refractivity contribution in [3.8, 4) is 0 Å². The predicted molar refractivity (Wildman–Crippen MR) is 61.8 cm³/mol. The second-order valence-corrected chi connectivity index (χ2v) is 4.93. The zero-order chi connectivity index (χ0) is 9.94. The molecule has 0 radical (unpaired) electrons. The van der Waals surface area contributed by atoms with Gasteiger partial charge in [-0.05, 0) is 13.0 Å². The quantitative estimate of drug-likeness (QED) is 0.382. The molecule has 0 bridgehead atoms. The van der Waals surface area contributed by atoms with Gasteiger partial charge in [0.25, 0.3) is 0 Å². The van der Waals surface area contributed by atoms with Crippen molar-refractivity contribution in [1.82, 2.24) is 5.32 Å². The van der Waals surface area contributed by atoms with Gasteiger partial charge < -0.3 is 11.1 Å².